The molecule has 0 amide bonds. The molecule has 0 aromatic carbocycles. The lowest BCUT2D eigenvalue weighted by atomic mass is 10.2. The Morgan fingerprint density at radius 2 is 2.00 bits per heavy atom. The van der Waals surface area contributed by atoms with E-state index in [4.69, 9.17) is 5.73 Å². The van der Waals surface area contributed by atoms with Gasteiger partial charge in [-0.15, -0.1) is 0 Å². The van der Waals surface area contributed by atoms with Crippen LogP contribution in [0.4, 0.5) is 17.3 Å². The van der Waals surface area contributed by atoms with E-state index in [1.54, 1.807) is 6.07 Å². The van der Waals surface area contributed by atoms with E-state index in [2.05, 4.69) is 28.6 Å². The highest BCUT2D eigenvalue weighted by Gasteiger charge is 2.16. The van der Waals surface area contributed by atoms with Crippen molar-refractivity contribution in [3.63, 3.8) is 0 Å². The lowest BCUT2D eigenvalue weighted by Gasteiger charge is -2.27. The minimum Gasteiger partial charge on any atom is -0.378 e. The van der Waals surface area contributed by atoms with Gasteiger partial charge in [-0.05, 0) is 26.1 Å². The van der Waals surface area contributed by atoms with Gasteiger partial charge in [0.25, 0.3) is 0 Å². The number of rotatable bonds is 7. The quantitative estimate of drug-likeness (QED) is 0.603. The normalized spacial score (nSPS) is 11.1. The number of anilines is 2. The molecule has 0 bridgehead atoms. The van der Waals surface area contributed by atoms with Crippen molar-refractivity contribution in [1.29, 1.82) is 0 Å². The maximum absolute atomic E-state index is 10.8. The molecule has 0 spiro atoms. The molecule has 0 radical (unpaired) electrons. The highest BCUT2D eigenvalue weighted by molar-refractivity contribution is 5.58. The van der Waals surface area contributed by atoms with Gasteiger partial charge in [0.2, 0.25) is 5.82 Å². The van der Waals surface area contributed by atoms with Crippen LogP contribution in [0.25, 0.3) is 0 Å². The van der Waals surface area contributed by atoms with Crippen LogP contribution in [0.5, 0.6) is 0 Å². The Morgan fingerprint density at radius 3 is 2.45 bits per heavy atom. The topological polar surface area (TPSA) is 88.5 Å². The molecular formula is C13H23N5O2. The van der Waals surface area contributed by atoms with E-state index in [1.165, 1.54) is 6.07 Å². The minimum absolute atomic E-state index is 0.0360. The monoisotopic (exact) mass is 281 g/mol. The zero-order chi connectivity index (χ0) is 15.3. The average Bonchev–Trinajstić information content (AvgIpc) is 2.33. The van der Waals surface area contributed by atoms with E-state index in [0.717, 1.165) is 19.6 Å². The van der Waals surface area contributed by atoms with E-state index in [-0.39, 0.29) is 11.5 Å². The molecule has 7 heteroatoms. The van der Waals surface area contributed by atoms with Gasteiger partial charge < -0.3 is 15.5 Å². The third-order valence-corrected chi connectivity index (χ3v) is 2.81. The predicted molar refractivity (Wildman–Crippen MR) is 80.9 cm³/mol. The number of nitro groups is 1. The maximum Gasteiger partial charge on any atom is 0.311 e. The summed E-state index contributed by atoms with van der Waals surface area (Å²) in [5.41, 5.74) is 5.51. The summed E-state index contributed by atoms with van der Waals surface area (Å²) in [6.07, 6.45) is 0. The fraction of sp³-hybridized carbons (Fsp3) is 0.615. The van der Waals surface area contributed by atoms with E-state index in [0.29, 0.717) is 11.7 Å². The first-order valence-electron chi connectivity index (χ1n) is 6.61. The molecule has 0 fully saturated rings. The van der Waals surface area contributed by atoms with Crippen LogP contribution in [-0.4, -0.2) is 48.5 Å². The van der Waals surface area contributed by atoms with Crippen LogP contribution >= 0.6 is 0 Å². The van der Waals surface area contributed by atoms with Crippen molar-refractivity contribution in [2.24, 2.45) is 5.92 Å². The molecule has 7 nitrogen and oxygen atoms in total. The van der Waals surface area contributed by atoms with E-state index < -0.39 is 4.92 Å². The van der Waals surface area contributed by atoms with Crippen LogP contribution in [0, 0.1) is 16.0 Å². The van der Waals surface area contributed by atoms with Crippen LogP contribution in [-0.2, 0) is 0 Å². The van der Waals surface area contributed by atoms with E-state index >= 15 is 0 Å². The highest BCUT2D eigenvalue weighted by Crippen LogP contribution is 2.23. The van der Waals surface area contributed by atoms with Crippen molar-refractivity contribution in [3.05, 3.63) is 22.2 Å². The molecule has 112 valence electrons. The van der Waals surface area contributed by atoms with E-state index in [1.807, 2.05) is 14.1 Å². The Morgan fingerprint density at radius 1 is 1.35 bits per heavy atom. The van der Waals surface area contributed by atoms with Crippen molar-refractivity contribution in [1.82, 2.24) is 9.88 Å². The number of hydrogen-bond acceptors (Lipinski definition) is 6. The van der Waals surface area contributed by atoms with Crippen LogP contribution in [0.2, 0.25) is 0 Å². The number of pyridine rings is 1. The van der Waals surface area contributed by atoms with Crippen LogP contribution < -0.4 is 10.6 Å². The third-order valence-electron chi connectivity index (χ3n) is 2.81. The molecule has 0 saturated heterocycles. The summed E-state index contributed by atoms with van der Waals surface area (Å²) in [7, 11) is 4.01. The number of hydrogen-bond donors (Lipinski definition) is 1. The van der Waals surface area contributed by atoms with Crippen molar-refractivity contribution in [2.75, 3.05) is 44.4 Å². The van der Waals surface area contributed by atoms with Crippen molar-refractivity contribution in [2.45, 2.75) is 13.8 Å². The molecule has 1 aromatic heterocycles. The van der Waals surface area contributed by atoms with Crippen LogP contribution in [0.3, 0.4) is 0 Å². The van der Waals surface area contributed by atoms with Gasteiger partial charge in [0.1, 0.15) is 5.82 Å². The molecule has 1 aromatic rings. The molecule has 0 unspecified atom stereocenters. The number of likely N-dealkylation sites (N-methyl/N-ethyl adjacent to an activating group) is 1. The summed E-state index contributed by atoms with van der Waals surface area (Å²) in [6.45, 7) is 6.76. The molecule has 0 saturated carbocycles. The summed E-state index contributed by atoms with van der Waals surface area (Å²) in [5.74, 6) is 1.12. The van der Waals surface area contributed by atoms with Gasteiger partial charge in [0.05, 0.1) is 4.92 Å². The van der Waals surface area contributed by atoms with Gasteiger partial charge in [-0.2, -0.15) is 0 Å². The van der Waals surface area contributed by atoms with Crippen molar-refractivity contribution < 1.29 is 4.92 Å². The molecule has 0 aliphatic rings. The molecule has 0 aliphatic carbocycles. The first-order chi connectivity index (χ1) is 9.31. The minimum atomic E-state index is -0.515. The Kier molecular flexibility index (Phi) is 5.69. The first-order valence-corrected chi connectivity index (χ1v) is 6.61. The smallest absolute Gasteiger partial charge is 0.311 e. The van der Waals surface area contributed by atoms with Crippen LogP contribution in [0.15, 0.2) is 12.1 Å². The Bertz CT molecular complexity index is 462. The Hall–Kier alpha value is -1.89. The Labute approximate surface area is 119 Å². The summed E-state index contributed by atoms with van der Waals surface area (Å²) >= 11 is 0. The molecule has 20 heavy (non-hydrogen) atoms. The molecule has 0 atom stereocenters. The summed E-state index contributed by atoms with van der Waals surface area (Å²) in [5, 5.41) is 10.8. The highest BCUT2D eigenvalue weighted by atomic mass is 16.6. The SMILES string of the molecule is CC(C)CN(CCN(C)C)c1ccc([N+](=O)[O-])c(N)n1. The van der Waals surface area contributed by atoms with Gasteiger partial charge >= 0.3 is 5.69 Å². The van der Waals surface area contributed by atoms with Gasteiger partial charge in [0.15, 0.2) is 0 Å². The molecular weight excluding hydrogens is 258 g/mol. The van der Waals surface area contributed by atoms with Gasteiger partial charge in [-0.1, -0.05) is 13.8 Å². The number of nitrogens with two attached hydrogens (primary N) is 1. The zero-order valence-corrected chi connectivity index (χ0v) is 12.5. The molecule has 0 aliphatic heterocycles. The molecule has 1 heterocycles. The third kappa shape index (κ3) is 4.65. The van der Waals surface area contributed by atoms with E-state index in [9.17, 15) is 10.1 Å². The summed E-state index contributed by atoms with van der Waals surface area (Å²) in [4.78, 5) is 18.6. The van der Waals surface area contributed by atoms with Crippen molar-refractivity contribution in [3.8, 4) is 0 Å². The second kappa shape index (κ2) is 7.04. The summed E-state index contributed by atoms with van der Waals surface area (Å²) < 4.78 is 0. The Balaban J connectivity index is 2.95. The van der Waals surface area contributed by atoms with Crippen LogP contribution in [0.1, 0.15) is 13.8 Å². The molecule has 2 N–H and O–H groups in total. The standard InChI is InChI=1S/C13H23N5O2/c1-10(2)9-17(8-7-16(3)4)12-6-5-11(18(19)20)13(14)15-12/h5-6,10H,7-9H2,1-4H3,(H2,14,15). The fourth-order valence-corrected chi connectivity index (χ4v) is 1.85. The zero-order valence-electron chi connectivity index (χ0n) is 12.5. The summed E-state index contributed by atoms with van der Waals surface area (Å²) in [6, 6.07) is 3.08. The van der Waals surface area contributed by atoms with Crippen molar-refractivity contribution >= 4 is 17.3 Å². The average molecular weight is 281 g/mol. The van der Waals surface area contributed by atoms with Gasteiger partial charge in [-0.25, -0.2) is 4.98 Å². The fourth-order valence-electron chi connectivity index (χ4n) is 1.85. The lowest BCUT2D eigenvalue weighted by molar-refractivity contribution is -0.384. The molecule has 1 rings (SSSR count). The van der Waals surface area contributed by atoms with Gasteiger partial charge in [-0.3, -0.25) is 10.1 Å². The second-order valence-electron chi connectivity index (χ2n) is 5.47. The second-order valence-corrected chi connectivity index (χ2v) is 5.47. The largest absolute Gasteiger partial charge is 0.378 e. The predicted octanol–water partition coefficient (Wildman–Crippen LogP) is 1.60. The number of aromatic nitrogens is 1. The number of nitrogens with zero attached hydrogens (tertiary/aromatic N) is 4. The maximum atomic E-state index is 10.8. The lowest BCUT2D eigenvalue weighted by Crippen LogP contribution is -2.35. The van der Waals surface area contributed by atoms with Gasteiger partial charge in [0, 0.05) is 25.7 Å². The number of nitrogen functional groups attached to an aromatic ring is 1. The first kappa shape index (κ1) is 16.2.